The molecule has 0 atom stereocenters. The topological polar surface area (TPSA) is 68.6 Å². The van der Waals surface area contributed by atoms with Gasteiger partial charge in [0.1, 0.15) is 6.54 Å². The number of hydrogen-bond acceptors (Lipinski definition) is 5. The fraction of sp³-hybridized carbons (Fsp3) is 0.250. The Kier molecular flexibility index (Phi) is 6.41. The molecule has 1 aliphatic heterocycles. The third kappa shape index (κ3) is 4.37. The molecule has 1 aromatic carbocycles. The van der Waals surface area contributed by atoms with E-state index in [1.165, 1.54) is 0 Å². The molecular weight excluding hydrogens is 435 g/mol. The van der Waals surface area contributed by atoms with Crippen molar-refractivity contribution in [3.63, 3.8) is 0 Å². The minimum absolute atomic E-state index is 0.186. The lowest BCUT2D eigenvalue weighted by Crippen LogP contribution is -2.34. The van der Waals surface area contributed by atoms with E-state index in [-0.39, 0.29) is 11.5 Å². The zero-order chi connectivity index (χ0) is 21.3. The van der Waals surface area contributed by atoms with Crippen LogP contribution in [0.1, 0.15) is 23.9 Å². The Labute approximate surface area is 182 Å². The summed E-state index contributed by atoms with van der Waals surface area (Å²) < 4.78 is 6.80. The van der Waals surface area contributed by atoms with Gasteiger partial charge in [0.15, 0.2) is 0 Å². The molecule has 1 aliphatic rings. The Balaban J connectivity index is 1.91. The smallest absolute Gasteiger partial charge is 0.326 e. The van der Waals surface area contributed by atoms with Gasteiger partial charge in [-0.05, 0) is 68.4 Å². The van der Waals surface area contributed by atoms with E-state index in [1.807, 2.05) is 30.5 Å². The van der Waals surface area contributed by atoms with Crippen molar-refractivity contribution in [2.24, 2.45) is 0 Å². The minimum atomic E-state index is -0.617. The molecule has 1 aromatic heterocycles. The number of imide groups is 1. The van der Waals surface area contributed by atoms with Crippen LogP contribution in [0.2, 0.25) is 10.0 Å². The average molecular weight is 453 g/mol. The second-order valence-electron chi connectivity index (χ2n) is 6.33. The minimum Gasteiger partial charge on any atom is -0.465 e. The highest BCUT2D eigenvalue weighted by Crippen LogP contribution is 2.34. The Morgan fingerprint density at radius 1 is 1.17 bits per heavy atom. The van der Waals surface area contributed by atoms with Crippen LogP contribution in [-0.2, 0) is 14.3 Å². The summed E-state index contributed by atoms with van der Waals surface area (Å²) in [6, 6.07) is 7.25. The zero-order valence-corrected chi connectivity index (χ0v) is 18.3. The first-order chi connectivity index (χ1) is 13.7. The molecule has 2 heterocycles. The summed E-state index contributed by atoms with van der Waals surface area (Å²) in [5.74, 6) is -1.12. The van der Waals surface area contributed by atoms with Gasteiger partial charge in [0.2, 0.25) is 0 Å². The van der Waals surface area contributed by atoms with E-state index in [0.717, 1.165) is 39.3 Å². The normalized spacial score (nSPS) is 15.5. The number of nitrogens with zero attached hydrogens (tertiary/aromatic N) is 2. The van der Waals surface area contributed by atoms with Gasteiger partial charge in [0, 0.05) is 17.1 Å². The first kappa shape index (κ1) is 21.5. The molecule has 29 heavy (non-hydrogen) atoms. The molecular formula is C20H18Cl2N2O4S. The van der Waals surface area contributed by atoms with Crippen LogP contribution in [0.5, 0.6) is 0 Å². The number of thioether (sulfide) groups is 1. The van der Waals surface area contributed by atoms with E-state index in [4.69, 9.17) is 27.9 Å². The number of amides is 2. The summed E-state index contributed by atoms with van der Waals surface area (Å²) in [5.41, 5.74) is 3.43. The van der Waals surface area contributed by atoms with Gasteiger partial charge in [-0.3, -0.25) is 19.3 Å². The van der Waals surface area contributed by atoms with Crippen LogP contribution >= 0.6 is 35.0 Å². The predicted molar refractivity (Wildman–Crippen MR) is 115 cm³/mol. The molecule has 0 radical (unpaired) electrons. The molecule has 1 saturated heterocycles. The summed E-state index contributed by atoms with van der Waals surface area (Å²) in [7, 11) is 0. The second kappa shape index (κ2) is 8.65. The molecule has 1 fully saturated rings. The average Bonchev–Trinajstić information content (AvgIpc) is 3.08. The number of carbonyl (C=O) groups excluding carboxylic acids is 3. The molecule has 2 aromatic rings. The lowest BCUT2D eigenvalue weighted by Gasteiger charge is -2.11. The number of carbonyl (C=O) groups is 3. The summed E-state index contributed by atoms with van der Waals surface area (Å²) in [6.45, 7) is 5.29. The summed E-state index contributed by atoms with van der Waals surface area (Å²) in [4.78, 5) is 37.5. The third-order valence-electron chi connectivity index (χ3n) is 4.38. The number of aryl methyl sites for hydroxylation is 1. The van der Waals surface area contributed by atoms with Crippen LogP contribution < -0.4 is 0 Å². The summed E-state index contributed by atoms with van der Waals surface area (Å²) in [6.07, 6.45) is 1.66. The fourth-order valence-electron chi connectivity index (χ4n) is 3.07. The van der Waals surface area contributed by atoms with E-state index in [1.54, 1.807) is 25.1 Å². The molecule has 2 amide bonds. The van der Waals surface area contributed by atoms with Gasteiger partial charge >= 0.3 is 5.97 Å². The summed E-state index contributed by atoms with van der Waals surface area (Å²) >= 11 is 13.0. The van der Waals surface area contributed by atoms with Gasteiger partial charge in [-0.15, -0.1) is 0 Å². The van der Waals surface area contributed by atoms with Crippen molar-refractivity contribution in [1.82, 2.24) is 9.47 Å². The Bertz CT molecular complexity index is 1050. The number of aromatic nitrogens is 1. The van der Waals surface area contributed by atoms with Gasteiger partial charge in [-0.25, -0.2) is 0 Å². The van der Waals surface area contributed by atoms with Crippen LogP contribution in [-0.4, -0.2) is 39.7 Å². The number of halogens is 2. The molecule has 0 saturated carbocycles. The number of esters is 1. The number of hydrogen-bond donors (Lipinski definition) is 0. The number of rotatable bonds is 5. The molecule has 0 spiro atoms. The lowest BCUT2D eigenvalue weighted by atomic mass is 10.2. The second-order valence-corrected chi connectivity index (χ2v) is 8.14. The molecule has 0 aliphatic carbocycles. The largest absolute Gasteiger partial charge is 0.465 e. The molecule has 3 rings (SSSR count). The monoisotopic (exact) mass is 452 g/mol. The fourth-order valence-corrected chi connectivity index (χ4v) is 4.19. The van der Waals surface area contributed by atoms with Crippen molar-refractivity contribution >= 4 is 58.2 Å². The van der Waals surface area contributed by atoms with E-state index in [2.05, 4.69) is 0 Å². The van der Waals surface area contributed by atoms with Crippen molar-refractivity contribution in [1.29, 1.82) is 0 Å². The molecule has 6 nitrogen and oxygen atoms in total. The maximum absolute atomic E-state index is 12.6. The number of benzene rings is 1. The predicted octanol–water partition coefficient (Wildman–Crippen LogP) is 5.00. The molecule has 0 N–H and O–H groups in total. The van der Waals surface area contributed by atoms with E-state index >= 15 is 0 Å². The van der Waals surface area contributed by atoms with E-state index < -0.39 is 23.7 Å². The van der Waals surface area contributed by atoms with Gasteiger partial charge in [-0.2, -0.15) is 0 Å². The highest BCUT2D eigenvalue weighted by molar-refractivity contribution is 8.18. The van der Waals surface area contributed by atoms with Crippen LogP contribution in [0.15, 0.2) is 29.2 Å². The SMILES string of the molecule is CCOC(=O)CN1C(=O)S/C(=C\c2cc(C)n(-c3ccc(Cl)c(Cl)c3)c2C)C1=O. The van der Waals surface area contributed by atoms with E-state index in [9.17, 15) is 14.4 Å². The quantitative estimate of drug-likeness (QED) is 0.471. The zero-order valence-electron chi connectivity index (χ0n) is 16.0. The first-order valence-electron chi connectivity index (χ1n) is 8.78. The van der Waals surface area contributed by atoms with Crippen molar-refractivity contribution < 1.29 is 19.1 Å². The Morgan fingerprint density at radius 2 is 1.90 bits per heavy atom. The Hall–Kier alpha value is -2.22. The molecule has 0 unspecified atom stereocenters. The van der Waals surface area contributed by atoms with E-state index in [0.29, 0.717) is 10.0 Å². The Morgan fingerprint density at radius 3 is 2.55 bits per heavy atom. The summed E-state index contributed by atoms with van der Waals surface area (Å²) in [5, 5.41) is 0.416. The van der Waals surface area contributed by atoms with Gasteiger partial charge < -0.3 is 9.30 Å². The molecule has 152 valence electrons. The first-order valence-corrected chi connectivity index (χ1v) is 10.4. The van der Waals surface area contributed by atoms with Crippen LogP contribution in [0, 0.1) is 13.8 Å². The number of ether oxygens (including phenoxy) is 1. The maximum Gasteiger partial charge on any atom is 0.326 e. The lowest BCUT2D eigenvalue weighted by molar-refractivity contribution is -0.145. The highest BCUT2D eigenvalue weighted by atomic mass is 35.5. The van der Waals surface area contributed by atoms with Crippen molar-refractivity contribution in [3.05, 3.63) is 56.2 Å². The van der Waals surface area contributed by atoms with Crippen molar-refractivity contribution in [3.8, 4) is 5.69 Å². The highest BCUT2D eigenvalue weighted by Gasteiger charge is 2.36. The van der Waals surface area contributed by atoms with Gasteiger partial charge in [-0.1, -0.05) is 23.2 Å². The molecule has 0 bridgehead atoms. The van der Waals surface area contributed by atoms with Crippen molar-refractivity contribution in [2.75, 3.05) is 13.2 Å². The van der Waals surface area contributed by atoms with Gasteiger partial charge in [0.25, 0.3) is 11.1 Å². The van der Waals surface area contributed by atoms with Gasteiger partial charge in [0.05, 0.1) is 21.6 Å². The van der Waals surface area contributed by atoms with Crippen LogP contribution in [0.3, 0.4) is 0 Å². The van der Waals surface area contributed by atoms with Crippen LogP contribution in [0.25, 0.3) is 11.8 Å². The van der Waals surface area contributed by atoms with Crippen LogP contribution in [0.4, 0.5) is 4.79 Å². The standard InChI is InChI=1S/C20H18Cl2N2O4S/c1-4-28-18(25)10-23-19(26)17(29-20(23)27)8-13-7-11(2)24(12(13)3)14-5-6-15(21)16(22)9-14/h5-9H,4,10H2,1-3H3/b17-8-. The van der Waals surface area contributed by atoms with Crippen molar-refractivity contribution in [2.45, 2.75) is 20.8 Å². The third-order valence-corrected chi connectivity index (χ3v) is 6.03. The molecule has 9 heteroatoms. The maximum atomic E-state index is 12.6.